The third kappa shape index (κ3) is 7.23. The molecule has 0 saturated heterocycles. The van der Waals surface area contributed by atoms with Crippen molar-refractivity contribution in [3.8, 4) is 0 Å². The third-order valence-electron chi connectivity index (χ3n) is 0.998. The van der Waals surface area contributed by atoms with E-state index in [-0.39, 0.29) is 31.5 Å². The zero-order valence-corrected chi connectivity index (χ0v) is 6.81. The van der Waals surface area contributed by atoms with Crippen molar-refractivity contribution in [1.82, 2.24) is 0 Å². The van der Waals surface area contributed by atoms with Gasteiger partial charge in [-0.3, -0.25) is 0 Å². The van der Waals surface area contributed by atoms with E-state index in [0.717, 1.165) is 0 Å². The molecule has 0 amide bonds. The van der Waals surface area contributed by atoms with Crippen LogP contribution in [0.2, 0.25) is 0 Å². The highest BCUT2D eigenvalue weighted by Crippen LogP contribution is 1.86. The Bertz CT molecular complexity index is 107. The lowest BCUT2D eigenvalue weighted by Gasteiger charge is -1.92. The van der Waals surface area contributed by atoms with Gasteiger partial charge in [-0.05, 0) is 0 Å². The van der Waals surface area contributed by atoms with Gasteiger partial charge >= 0.3 is 5.09 Å². The minimum atomic E-state index is -0.0233. The van der Waals surface area contributed by atoms with Crippen LogP contribution in [0.5, 0.6) is 0 Å². The van der Waals surface area contributed by atoms with Gasteiger partial charge in [-0.15, -0.1) is 0 Å². The van der Waals surface area contributed by atoms with Crippen LogP contribution in [-0.2, 0) is 9.68 Å². The molecule has 0 fully saturated rings. The first-order chi connectivity index (χ1) is 5.81. The molecule has 0 aliphatic heterocycles. The van der Waals surface area contributed by atoms with Crippen molar-refractivity contribution in [1.29, 1.82) is 0 Å². The van der Waals surface area contributed by atoms with E-state index in [2.05, 4.69) is 9.68 Å². The molecule has 0 bridgehead atoms. The van der Waals surface area contributed by atoms with Gasteiger partial charge in [0.05, 0.1) is 0 Å². The average Bonchev–Trinajstić information content (AvgIpc) is 2.06. The minimum absolute atomic E-state index is 0.00861. The van der Waals surface area contributed by atoms with Gasteiger partial charge in [0.25, 0.3) is 0 Å². The molecule has 2 N–H and O–H groups in total. The zero-order chi connectivity index (χ0) is 9.23. The highest BCUT2D eigenvalue weighted by molar-refractivity contribution is 4.25. The molecule has 0 saturated carbocycles. The van der Waals surface area contributed by atoms with E-state index in [9.17, 15) is 4.91 Å². The fourth-order valence-electron chi connectivity index (χ4n) is 0.445. The molecule has 0 atom stereocenters. The van der Waals surface area contributed by atoms with Gasteiger partial charge in [-0.2, -0.15) is 9.68 Å². The first-order valence-corrected chi connectivity index (χ1v) is 3.76. The van der Waals surface area contributed by atoms with Crippen molar-refractivity contribution < 1.29 is 25.0 Å². The lowest BCUT2D eigenvalue weighted by molar-refractivity contribution is -0.981. The van der Waals surface area contributed by atoms with Crippen molar-refractivity contribution in [3.63, 3.8) is 0 Å². The lowest BCUT2D eigenvalue weighted by atomic mass is 10.5. The summed E-state index contributed by atoms with van der Waals surface area (Å²) in [5.41, 5.74) is 0. The van der Waals surface area contributed by atoms with Crippen LogP contribution in [0.1, 0.15) is 12.8 Å². The van der Waals surface area contributed by atoms with Crippen LogP contribution in [0.15, 0.2) is 0 Å². The third-order valence-corrected chi connectivity index (χ3v) is 0.998. The Kier molecular flexibility index (Phi) is 7.62. The van der Waals surface area contributed by atoms with Gasteiger partial charge in [-0.1, -0.05) is 0 Å². The summed E-state index contributed by atoms with van der Waals surface area (Å²) in [6.07, 6.45) is 0.782. The summed E-state index contributed by atoms with van der Waals surface area (Å²) in [7, 11) is 0. The molecule has 0 aliphatic carbocycles. The van der Waals surface area contributed by atoms with Crippen LogP contribution in [0.3, 0.4) is 0 Å². The van der Waals surface area contributed by atoms with Crippen molar-refractivity contribution in [2.75, 3.05) is 26.4 Å². The van der Waals surface area contributed by atoms with Crippen LogP contribution < -0.4 is 0 Å². The molecule has 12 heavy (non-hydrogen) atoms. The van der Waals surface area contributed by atoms with Crippen LogP contribution in [0, 0.1) is 4.91 Å². The van der Waals surface area contributed by atoms with E-state index in [1.807, 2.05) is 0 Å². The average molecular weight is 180 g/mol. The van der Waals surface area contributed by atoms with Gasteiger partial charge < -0.3 is 10.2 Å². The number of hydrogen-bond acceptors (Lipinski definition) is 5. The molecule has 0 aromatic carbocycles. The second-order valence-corrected chi connectivity index (χ2v) is 2.04. The minimum Gasteiger partial charge on any atom is -0.396 e. The van der Waals surface area contributed by atoms with Gasteiger partial charge in [0.1, 0.15) is 4.91 Å². The summed E-state index contributed by atoms with van der Waals surface area (Å²) in [5.74, 6) is 0. The molecule has 0 unspecified atom stereocenters. The summed E-state index contributed by atoms with van der Waals surface area (Å²) >= 11 is 0. The van der Waals surface area contributed by atoms with E-state index in [4.69, 9.17) is 10.2 Å². The Morgan fingerprint density at radius 2 is 1.42 bits per heavy atom. The number of rotatable bonds is 8. The van der Waals surface area contributed by atoms with Crippen LogP contribution in [0.25, 0.3) is 0 Å². The second kappa shape index (κ2) is 8.22. The molecule has 0 spiro atoms. The van der Waals surface area contributed by atoms with E-state index in [1.165, 1.54) is 0 Å². The van der Waals surface area contributed by atoms with Crippen LogP contribution >= 0.6 is 0 Å². The number of aliphatic hydroxyl groups excluding tert-OH is 2. The first-order valence-electron chi connectivity index (χ1n) is 3.76. The van der Waals surface area contributed by atoms with Crippen LogP contribution in [-0.4, -0.2) is 41.7 Å². The van der Waals surface area contributed by atoms with E-state index in [0.29, 0.717) is 12.8 Å². The fraction of sp³-hybridized carbons (Fsp3) is 1.00. The zero-order valence-electron chi connectivity index (χ0n) is 6.81. The van der Waals surface area contributed by atoms with Gasteiger partial charge in [0.2, 0.25) is 0 Å². The summed E-state index contributed by atoms with van der Waals surface area (Å²) in [6, 6.07) is 0. The lowest BCUT2D eigenvalue weighted by Crippen LogP contribution is -2.13. The Morgan fingerprint density at radius 1 is 1.00 bits per heavy atom. The number of aliphatic hydroxyl groups is 2. The highest BCUT2D eigenvalue weighted by Gasteiger charge is 2.10. The fourth-order valence-corrected chi connectivity index (χ4v) is 0.445. The maximum atomic E-state index is 10.5. The molecular weight excluding hydrogens is 166 g/mol. The number of hydrogen-bond donors (Lipinski definition) is 2. The summed E-state index contributed by atoms with van der Waals surface area (Å²) in [5, 5.41) is 16.6. The highest BCUT2D eigenvalue weighted by atomic mass is 17.0. The topological polar surface area (TPSA) is 79.0 Å². The Morgan fingerprint density at radius 3 is 1.75 bits per heavy atom. The predicted molar refractivity (Wildman–Crippen MR) is 38.9 cm³/mol. The Hall–Kier alpha value is -0.880. The summed E-state index contributed by atoms with van der Waals surface area (Å²) < 4.78 is 0. The summed E-state index contributed by atoms with van der Waals surface area (Å²) in [4.78, 5) is 19.4. The molecule has 6 heteroatoms. The van der Waals surface area contributed by atoms with E-state index < -0.39 is 0 Å². The monoisotopic (exact) mass is 180 g/mol. The Labute approximate surface area is 70.2 Å². The molecule has 0 rings (SSSR count). The molecule has 72 valence electrons. The number of nitrogens with zero attached hydrogens (tertiary/aromatic N) is 1. The first kappa shape index (κ1) is 11.1. The molecule has 6 nitrogen and oxygen atoms in total. The largest absolute Gasteiger partial charge is 0.477 e. The standard InChI is InChI=1S/C6H14NO5/c8-3-1-5-11-7(10)12-6-2-4-9/h8-9H,1-6H2/q+1. The molecule has 0 aromatic rings. The quantitative estimate of drug-likeness (QED) is 0.385. The normalized spacial score (nSPS) is 9.50. The van der Waals surface area contributed by atoms with Gasteiger partial charge in [0, 0.05) is 26.1 Å². The maximum absolute atomic E-state index is 10.5. The molecule has 0 radical (unpaired) electrons. The summed E-state index contributed by atoms with van der Waals surface area (Å²) in [6.45, 7) is 0.202. The van der Waals surface area contributed by atoms with Crippen molar-refractivity contribution in [3.05, 3.63) is 4.91 Å². The predicted octanol–water partition coefficient (Wildman–Crippen LogP) is -0.607. The molecule has 0 aromatic heterocycles. The van der Waals surface area contributed by atoms with Gasteiger partial charge in [-0.25, -0.2) is 0 Å². The van der Waals surface area contributed by atoms with Gasteiger partial charge in [0.15, 0.2) is 13.2 Å². The van der Waals surface area contributed by atoms with E-state index in [1.54, 1.807) is 0 Å². The van der Waals surface area contributed by atoms with Crippen molar-refractivity contribution in [2.45, 2.75) is 12.8 Å². The Balaban J connectivity index is 3.10. The van der Waals surface area contributed by atoms with Crippen molar-refractivity contribution >= 4 is 0 Å². The van der Waals surface area contributed by atoms with Crippen molar-refractivity contribution in [2.24, 2.45) is 0 Å². The van der Waals surface area contributed by atoms with E-state index >= 15 is 0 Å². The SMILES string of the molecule is O=[N+](OCCCO)OCCCO. The molecule has 0 aliphatic rings. The maximum Gasteiger partial charge on any atom is 0.477 e. The van der Waals surface area contributed by atoms with Crippen LogP contribution in [0.4, 0.5) is 0 Å². The molecular formula is C6H14NO5+. The molecule has 0 heterocycles. The smallest absolute Gasteiger partial charge is 0.396 e. The second-order valence-electron chi connectivity index (χ2n) is 2.04.